The molecular weight excluding hydrogens is 256 g/mol. The number of carboxylic acids is 1. The zero-order chi connectivity index (χ0) is 14.4. The van der Waals surface area contributed by atoms with Gasteiger partial charge in [0.15, 0.2) is 0 Å². The molecule has 110 valence electrons. The minimum absolute atomic E-state index is 0.190. The fourth-order valence-electron chi connectivity index (χ4n) is 2.76. The lowest BCUT2D eigenvalue weighted by Crippen LogP contribution is -2.24. The van der Waals surface area contributed by atoms with Crippen LogP contribution in [-0.2, 0) is 16.1 Å². The van der Waals surface area contributed by atoms with Crippen molar-refractivity contribution in [3.8, 4) is 5.75 Å². The summed E-state index contributed by atoms with van der Waals surface area (Å²) in [6.45, 7) is 0.578. The Morgan fingerprint density at radius 3 is 2.70 bits per heavy atom. The Hall–Kier alpha value is -1.55. The van der Waals surface area contributed by atoms with Crippen molar-refractivity contribution in [2.75, 3.05) is 7.11 Å². The van der Waals surface area contributed by atoms with Crippen LogP contribution in [0.15, 0.2) is 24.3 Å². The van der Waals surface area contributed by atoms with Crippen LogP contribution in [0.4, 0.5) is 0 Å². The van der Waals surface area contributed by atoms with Crippen LogP contribution in [0, 0.1) is 5.92 Å². The molecule has 2 rings (SSSR count). The molecule has 1 aromatic rings. The van der Waals surface area contributed by atoms with Gasteiger partial charge >= 0.3 is 5.97 Å². The zero-order valence-corrected chi connectivity index (χ0v) is 11.9. The largest absolute Gasteiger partial charge is 0.497 e. The Kier molecular flexibility index (Phi) is 5.41. The van der Waals surface area contributed by atoms with Crippen LogP contribution in [0.3, 0.4) is 0 Å². The first-order chi connectivity index (χ1) is 9.67. The van der Waals surface area contributed by atoms with Crippen molar-refractivity contribution in [1.29, 1.82) is 0 Å². The number of ether oxygens (including phenoxy) is 2. The van der Waals surface area contributed by atoms with E-state index in [4.69, 9.17) is 14.6 Å². The topological polar surface area (TPSA) is 55.8 Å². The van der Waals surface area contributed by atoms with E-state index in [1.54, 1.807) is 7.11 Å². The molecule has 0 aliphatic heterocycles. The third kappa shape index (κ3) is 4.53. The molecule has 2 unspecified atom stereocenters. The summed E-state index contributed by atoms with van der Waals surface area (Å²) in [7, 11) is 1.65. The molecule has 0 amide bonds. The summed E-state index contributed by atoms with van der Waals surface area (Å²) >= 11 is 0. The Morgan fingerprint density at radius 1 is 1.30 bits per heavy atom. The number of carbonyl (C=O) groups is 1. The molecule has 0 bridgehead atoms. The molecule has 0 aromatic heterocycles. The van der Waals surface area contributed by atoms with E-state index < -0.39 is 5.97 Å². The van der Waals surface area contributed by atoms with Crippen LogP contribution in [0.25, 0.3) is 0 Å². The molecule has 1 aromatic carbocycles. The maximum Gasteiger partial charge on any atom is 0.303 e. The maximum atomic E-state index is 10.8. The Bertz CT molecular complexity index is 427. The first-order valence-electron chi connectivity index (χ1n) is 7.13. The van der Waals surface area contributed by atoms with Crippen LogP contribution in [0.5, 0.6) is 5.75 Å². The summed E-state index contributed by atoms with van der Waals surface area (Å²) < 4.78 is 11.0. The summed E-state index contributed by atoms with van der Waals surface area (Å²) in [5.74, 6) is 0.404. The van der Waals surface area contributed by atoms with Crippen molar-refractivity contribution >= 4 is 5.97 Å². The lowest BCUT2D eigenvalue weighted by molar-refractivity contribution is -0.138. The fraction of sp³-hybridized carbons (Fsp3) is 0.562. The van der Waals surface area contributed by atoms with Crippen molar-refractivity contribution in [1.82, 2.24) is 0 Å². The predicted molar refractivity (Wildman–Crippen MR) is 75.8 cm³/mol. The van der Waals surface area contributed by atoms with Crippen molar-refractivity contribution in [3.05, 3.63) is 29.8 Å². The Morgan fingerprint density at radius 2 is 2.05 bits per heavy atom. The fourth-order valence-corrected chi connectivity index (χ4v) is 2.76. The minimum Gasteiger partial charge on any atom is -0.497 e. The molecule has 4 heteroatoms. The lowest BCUT2D eigenvalue weighted by Gasteiger charge is -2.28. The van der Waals surface area contributed by atoms with Crippen LogP contribution >= 0.6 is 0 Å². The number of carboxylic acid groups (broad SMARTS) is 1. The highest BCUT2D eigenvalue weighted by molar-refractivity contribution is 5.67. The summed E-state index contributed by atoms with van der Waals surface area (Å²) in [5, 5.41) is 8.86. The quantitative estimate of drug-likeness (QED) is 0.868. The van der Waals surface area contributed by atoms with E-state index in [-0.39, 0.29) is 18.4 Å². The van der Waals surface area contributed by atoms with E-state index in [1.807, 2.05) is 24.3 Å². The second-order valence-electron chi connectivity index (χ2n) is 5.41. The van der Waals surface area contributed by atoms with Crippen LogP contribution in [0.2, 0.25) is 0 Å². The summed E-state index contributed by atoms with van der Waals surface area (Å²) in [6, 6.07) is 7.84. The van der Waals surface area contributed by atoms with Gasteiger partial charge in [-0.1, -0.05) is 18.6 Å². The van der Waals surface area contributed by atoms with E-state index in [9.17, 15) is 4.79 Å². The summed E-state index contributed by atoms with van der Waals surface area (Å²) in [4.78, 5) is 10.8. The molecule has 0 saturated heterocycles. The Labute approximate surface area is 119 Å². The van der Waals surface area contributed by atoms with Gasteiger partial charge in [0.25, 0.3) is 0 Å². The molecule has 0 heterocycles. The van der Waals surface area contributed by atoms with Crippen LogP contribution in [-0.4, -0.2) is 24.3 Å². The van der Waals surface area contributed by atoms with Gasteiger partial charge in [-0.25, -0.2) is 0 Å². The van der Waals surface area contributed by atoms with E-state index in [0.29, 0.717) is 6.61 Å². The van der Waals surface area contributed by atoms with Crippen molar-refractivity contribution in [3.63, 3.8) is 0 Å². The maximum absolute atomic E-state index is 10.8. The van der Waals surface area contributed by atoms with Crippen LogP contribution < -0.4 is 4.74 Å². The van der Waals surface area contributed by atoms with Gasteiger partial charge in [0.05, 0.1) is 19.8 Å². The van der Waals surface area contributed by atoms with Crippen LogP contribution in [0.1, 0.15) is 37.7 Å². The van der Waals surface area contributed by atoms with Gasteiger partial charge in [0, 0.05) is 6.42 Å². The highest BCUT2D eigenvalue weighted by Gasteiger charge is 2.24. The molecule has 1 aliphatic rings. The van der Waals surface area contributed by atoms with E-state index in [2.05, 4.69) is 0 Å². The number of rotatable bonds is 6. The molecule has 0 radical (unpaired) electrons. The normalized spacial score (nSPS) is 22.4. The second-order valence-corrected chi connectivity index (χ2v) is 5.41. The number of aliphatic carboxylic acids is 1. The second kappa shape index (κ2) is 7.29. The standard InChI is InChI=1S/C16H22O4/c1-19-14-7-5-12(6-8-14)11-20-15-4-2-3-13(9-15)10-16(17)18/h5-8,13,15H,2-4,9-11H2,1H3,(H,17,18). The highest BCUT2D eigenvalue weighted by atomic mass is 16.5. The first kappa shape index (κ1) is 14.9. The molecular formula is C16H22O4. The average molecular weight is 278 g/mol. The number of methoxy groups -OCH3 is 1. The minimum atomic E-state index is -0.703. The Balaban J connectivity index is 1.79. The van der Waals surface area contributed by atoms with Gasteiger partial charge in [0.2, 0.25) is 0 Å². The predicted octanol–water partition coefficient (Wildman–Crippen LogP) is 3.25. The number of hydrogen-bond acceptors (Lipinski definition) is 3. The average Bonchev–Trinajstić information content (AvgIpc) is 2.45. The van der Waals surface area contributed by atoms with Crippen molar-refractivity contribution in [2.24, 2.45) is 5.92 Å². The molecule has 1 N–H and O–H groups in total. The van der Waals surface area contributed by atoms with E-state index >= 15 is 0 Å². The highest BCUT2D eigenvalue weighted by Crippen LogP contribution is 2.29. The molecule has 1 fully saturated rings. The van der Waals surface area contributed by atoms with Gasteiger partial charge in [0.1, 0.15) is 5.75 Å². The van der Waals surface area contributed by atoms with E-state index in [1.165, 1.54) is 0 Å². The SMILES string of the molecule is COc1ccc(COC2CCCC(CC(=O)O)C2)cc1. The molecule has 4 nitrogen and oxygen atoms in total. The molecule has 20 heavy (non-hydrogen) atoms. The smallest absolute Gasteiger partial charge is 0.303 e. The first-order valence-corrected chi connectivity index (χ1v) is 7.13. The zero-order valence-electron chi connectivity index (χ0n) is 11.9. The summed E-state index contributed by atoms with van der Waals surface area (Å²) in [6.07, 6.45) is 4.42. The molecule has 0 spiro atoms. The van der Waals surface area contributed by atoms with Gasteiger partial charge in [-0.15, -0.1) is 0 Å². The summed E-state index contributed by atoms with van der Waals surface area (Å²) in [5.41, 5.74) is 1.12. The van der Waals surface area contributed by atoms with Crippen molar-refractivity contribution in [2.45, 2.75) is 44.8 Å². The van der Waals surface area contributed by atoms with Gasteiger partial charge < -0.3 is 14.6 Å². The van der Waals surface area contributed by atoms with E-state index in [0.717, 1.165) is 37.0 Å². The third-order valence-corrected chi connectivity index (χ3v) is 3.84. The van der Waals surface area contributed by atoms with Gasteiger partial charge in [-0.05, 0) is 42.9 Å². The molecule has 1 saturated carbocycles. The number of benzene rings is 1. The lowest BCUT2D eigenvalue weighted by atomic mass is 9.85. The van der Waals surface area contributed by atoms with Crippen molar-refractivity contribution < 1.29 is 19.4 Å². The monoisotopic (exact) mass is 278 g/mol. The number of hydrogen-bond donors (Lipinski definition) is 1. The van der Waals surface area contributed by atoms with Gasteiger partial charge in [-0.2, -0.15) is 0 Å². The molecule has 1 aliphatic carbocycles. The van der Waals surface area contributed by atoms with Gasteiger partial charge in [-0.3, -0.25) is 4.79 Å². The molecule has 2 atom stereocenters. The third-order valence-electron chi connectivity index (χ3n) is 3.84.